The van der Waals surface area contributed by atoms with E-state index in [1.54, 1.807) is 4.57 Å². The molecule has 0 bridgehead atoms. The predicted molar refractivity (Wildman–Crippen MR) is 58.0 cm³/mol. The molecule has 16 heavy (non-hydrogen) atoms. The lowest BCUT2D eigenvalue weighted by Gasteiger charge is -2.26. The van der Waals surface area contributed by atoms with Gasteiger partial charge in [0.2, 0.25) is 5.91 Å². The van der Waals surface area contributed by atoms with Gasteiger partial charge in [0.05, 0.1) is 12.5 Å². The lowest BCUT2D eigenvalue weighted by Crippen LogP contribution is -2.37. The standard InChI is InChI=1S/C11H15N3O2/c15-8-10-6-12-9-14(10)7-11(16)13-4-2-1-3-5-13/h6,8-9H,1-5,7H2. The molecule has 1 fully saturated rings. The highest BCUT2D eigenvalue weighted by Gasteiger charge is 2.17. The fourth-order valence-corrected chi connectivity index (χ4v) is 1.95. The molecular formula is C11H15N3O2. The molecule has 2 heterocycles. The highest BCUT2D eigenvalue weighted by molar-refractivity contribution is 5.78. The first kappa shape index (κ1) is 10.9. The van der Waals surface area contributed by atoms with Crippen molar-refractivity contribution in [3.05, 3.63) is 18.2 Å². The quantitative estimate of drug-likeness (QED) is 0.706. The molecule has 0 aromatic carbocycles. The first-order valence-corrected chi connectivity index (χ1v) is 5.54. The maximum atomic E-state index is 11.9. The largest absolute Gasteiger partial charge is 0.341 e. The minimum absolute atomic E-state index is 0.0702. The molecule has 0 aliphatic carbocycles. The Morgan fingerprint density at radius 2 is 2.12 bits per heavy atom. The van der Waals surface area contributed by atoms with Gasteiger partial charge in [0.15, 0.2) is 6.29 Å². The summed E-state index contributed by atoms with van der Waals surface area (Å²) in [4.78, 5) is 28.3. The Morgan fingerprint density at radius 3 is 2.81 bits per heavy atom. The molecule has 0 radical (unpaired) electrons. The number of aromatic nitrogens is 2. The van der Waals surface area contributed by atoms with Crippen LogP contribution in [0.15, 0.2) is 12.5 Å². The Bertz CT molecular complexity index is 380. The predicted octanol–water partition coefficient (Wildman–Crippen LogP) is 0.708. The van der Waals surface area contributed by atoms with Gasteiger partial charge >= 0.3 is 0 Å². The molecule has 0 spiro atoms. The molecule has 0 saturated carbocycles. The van der Waals surface area contributed by atoms with Crippen molar-refractivity contribution in [2.75, 3.05) is 13.1 Å². The monoisotopic (exact) mass is 221 g/mol. The molecule has 0 unspecified atom stereocenters. The van der Waals surface area contributed by atoms with Gasteiger partial charge < -0.3 is 9.47 Å². The zero-order valence-electron chi connectivity index (χ0n) is 9.13. The van der Waals surface area contributed by atoms with Crippen LogP contribution in [-0.2, 0) is 11.3 Å². The normalized spacial score (nSPS) is 16.1. The Balaban J connectivity index is 1.98. The molecule has 2 rings (SSSR count). The summed E-state index contributed by atoms with van der Waals surface area (Å²) in [5.41, 5.74) is 0.449. The van der Waals surface area contributed by atoms with Crippen molar-refractivity contribution < 1.29 is 9.59 Å². The molecule has 1 saturated heterocycles. The van der Waals surface area contributed by atoms with Gasteiger partial charge in [0, 0.05) is 13.1 Å². The average Bonchev–Trinajstić information content (AvgIpc) is 2.77. The van der Waals surface area contributed by atoms with Crippen LogP contribution >= 0.6 is 0 Å². The average molecular weight is 221 g/mol. The number of nitrogens with zero attached hydrogens (tertiary/aromatic N) is 3. The van der Waals surface area contributed by atoms with Crippen LogP contribution in [0.4, 0.5) is 0 Å². The van der Waals surface area contributed by atoms with Gasteiger partial charge in [0.25, 0.3) is 0 Å². The summed E-state index contributed by atoms with van der Waals surface area (Å²) in [5, 5.41) is 0. The molecule has 1 amide bonds. The third kappa shape index (κ3) is 2.29. The van der Waals surface area contributed by atoms with E-state index in [1.165, 1.54) is 18.9 Å². The number of carbonyl (C=O) groups excluding carboxylic acids is 2. The smallest absolute Gasteiger partial charge is 0.242 e. The minimum atomic E-state index is 0.0702. The molecule has 0 atom stereocenters. The highest BCUT2D eigenvalue weighted by Crippen LogP contribution is 2.09. The molecule has 86 valence electrons. The summed E-state index contributed by atoms with van der Waals surface area (Å²) in [6, 6.07) is 0. The SMILES string of the molecule is O=Cc1cncn1CC(=O)N1CCCCC1. The van der Waals surface area contributed by atoms with E-state index in [0.29, 0.717) is 5.69 Å². The topological polar surface area (TPSA) is 55.2 Å². The summed E-state index contributed by atoms with van der Waals surface area (Å²) in [6.07, 6.45) is 7.07. The molecule has 1 aromatic heterocycles. The molecule has 1 aromatic rings. The second-order valence-electron chi connectivity index (χ2n) is 4.01. The van der Waals surface area contributed by atoms with Gasteiger partial charge in [0.1, 0.15) is 12.2 Å². The summed E-state index contributed by atoms with van der Waals surface area (Å²) < 4.78 is 1.59. The molecule has 1 aliphatic heterocycles. The fraction of sp³-hybridized carbons (Fsp3) is 0.545. The second-order valence-corrected chi connectivity index (χ2v) is 4.01. The van der Waals surface area contributed by atoms with E-state index in [-0.39, 0.29) is 12.5 Å². The first-order valence-electron chi connectivity index (χ1n) is 5.54. The lowest BCUT2D eigenvalue weighted by molar-refractivity contribution is -0.132. The van der Waals surface area contributed by atoms with Crippen LogP contribution in [0.3, 0.4) is 0 Å². The maximum absolute atomic E-state index is 11.9. The third-order valence-corrected chi connectivity index (χ3v) is 2.88. The summed E-state index contributed by atoms with van der Waals surface area (Å²) >= 11 is 0. The van der Waals surface area contributed by atoms with Crippen molar-refractivity contribution in [2.24, 2.45) is 0 Å². The number of rotatable bonds is 3. The van der Waals surface area contributed by atoms with Gasteiger partial charge in [-0.25, -0.2) is 4.98 Å². The highest BCUT2D eigenvalue weighted by atomic mass is 16.2. The number of imidazole rings is 1. The lowest BCUT2D eigenvalue weighted by atomic mass is 10.1. The summed E-state index contributed by atoms with van der Waals surface area (Å²) in [6.45, 7) is 1.89. The first-order chi connectivity index (χ1) is 7.81. The van der Waals surface area contributed by atoms with Crippen LogP contribution in [0.2, 0.25) is 0 Å². The zero-order chi connectivity index (χ0) is 11.4. The Labute approximate surface area is 94.1 Å². The Kier molecular flexibility index (Phi) is 3.34. The third-order valence-electron chi connectivity index (χ3n) is 2.88. The van der Waals surface area contributed by atoms with E-state index >= 15 is 0 Å². The number of hydrogen-bond acceptors (Lipinski definition) is 3. The van der Waals surface area contributed by atoms with E-state index in [1.807, 2.05) is 4.90 Å². The number of aldehydes is 1. The van der Waals surface area contributed by atoms with E-state index in [9.17, 15) is 9.59 Å². The van der Waals surface area contributed by atoms with Crippen LogP contribution < -0.4 is 0 Å². The zero-order valence-corrected chi connectivity index (χ0v) is 9.13. The fourth-order valence-electron chi connectivity index (χ4n) is 1.95. The van der Waals surface area contributed by atoms with Crippen LogP contribution in [0.1, 0.15) is 29.8 Å². The van der Waals surface area contributed by atoms with E-state index < -0.39 is 0 Å². The molecular weight excluding hydrogens is 206 g/mol. The number of likely N-dealkylation sites (tertiary alicyclic amines) is 1. The van der Waals surface area contributed by atoms with Crippen molar-refractivity contribution in [1.29, 1.82) is 0 Å². The van der Waals surface area contributed by atoms with Gasteiger partial charge in [-0.1, -0.05) is 0 Å². The van der Waals surface area contributed by atoms with Crippen molar-refractivity contribution >= 4 is 12.2 Å². The van der Waals surface area contributed by atoms with Crippen LogP contribution in [0.25, 0.3) is 0 Å². The van der Waals surface area contributed by atoms with Crippen LogP contribution in [0, 0.1) is 0 Å². The Morgan fingerprint density at radius 1 is 1.38 bits per heavy atom. The van der Waals surface area contributed by atoms with Crippen molar-refractivity contribution in [2.45, 2.75) is 25.8 Å². The van der Waals surface area contributed by atoms with Gasteiger partial charge in [-0.15, -0.1) is 0 Å². The van der Waals surface area contributed by atoms with Crippen molar-refractivity contribution in [3.63, 3.8) is 0 Å². The van der Waals surface area contributed by atoms with Gasteiger partial charge in [-0.05, 0) is 19.3 Å². The van der Waals surface area contributed by atoms with Crippen molar-refractivity contribution in [1.82, 2.24) is 14.5 Å². The summed E-state index contributed by atoms with van der Waals surface area (Å²) in [7, 11) is 0. The molecule has 5 nitrogen and oxygen atoms in total. The van der Waals surface area contributed by atoms with E-state index in [0.717, 1.165) is 32.2 Å². The summed E-state index contributed by atoms with van der Waals surface area (Å²) in [5.74, 6) is 0.0702. The van der Waals surface area contributed by atoms with Gasteiger partial charge in [-0.3, -0.25) is 9.59 Å². The number of carbonyl (C=O) groups is 2. The molecule has 1 aliphatic rings. The minimum Gasteiger partial charge on any atom is -0.341 e. The number of hydrogen-bond donors (Lipinski definition) is 0. The maximum Gasteiger partial charge on any atom is 0.242 e. The van der Waals surface area contributed by atoms with Crippen LogP contribution in [-0.4, -0.2) is 39.7 Å². The van der Waals surface area contributed by atoms with Crippen LogP contribution in [0.5, 0.6) is 0 Å². The Hall–Kier alpha value is -1.65. The van der Waals surface area contributed by atoms with E-state index in [4.69, 9.17) is 0 Å². The number of piperidine rings is 1. The second kappa shape index (κ2) is 4.92. The van der Waals surface area contributed by atoms with Crippen molar-refractivity contribution in [3.8, 4) is 0 Å². The number of amides is 1. The molecule has 0 N–H and O–H groups in total. The van der Waals surface area contributed by atoms with Gasteiger partial charge in [-0.2, -0.15) is 0 Å². The molecule has 5 heteroatoms. The van der Waals surface area contributed by atoms with E-state index in [2.05, 4.69) is 4.98 Å².